The maximum absolute atomic E-state index is 10.6. The molecular weight excluding hydrogens is 250 g/mol. The van der Waals surface area contributed by atoms with E-state index in [1.54, 1.807) is 11.5 Å². The van der Waals surface area contributed by atoms with E-state index in [0.29, 0.717) is 12.4 Å². The fraction of sp³-hybridized carbons (Fsp3) is 0.625. The topological polar surface area (TPSA) is 61.0 Å². The molecule has 1 rings (SSSR count). The zero-order valence-corrected chi connectivity index (χ0v) is 9.53. The van der Waals surface area contributed by atoms with Crippen LogP contribution in [0.25, 0.3) is 0 Å². The Labute approximate surface area is 90.4 Å². The third-order valence-electron chi connectivity index (χ3n) is 1.99. The van der Waals surface area contributed by atoms with Gasteiger partial charge in [-0.15, -0.1) is 0 Å². The summed E-state index contributed by atoms with van der Waals surface area (Å²) in [6, 6.07) is 0. The molecule has 0 atom stereocenters. The summed E-state index contributed by atoms with van der Waals surface area (Å²) in [5.74, 6) is 0.781. The van der Waals surface area contributed by atoms with Crippen molar-refractivity contribution >= 4 is 21.7 Å². The SMILES string of the molecule is Cc1ncc([N+](=O)[O-])n1CCCCBr. The fourth-order valence-corrected chi connectivity index (χ4v) is 1.64. The minimum absolute atomic E-state index is 0.0806. The third-order valence-corrected chi connectivity index (χ3v) is 2.55. The average molecular weight is 262 g/mol. The monoisotopic (exact) mass is 261 g/mol. The molecule has 0 unspecified atom stereocenters. The first-order chi connectivity index (χ1) is 6.66. The van der Waals surface area contributed by atoms with Gasteiger partial charge in [-0.3, -0.25) is 0 Å². The number of unbranched alkanes of at least 4 members (excludes halogenated alkanes) is 1. The van der Waals surface area contributed by atoms with E-state index in [9.17, 15) is 10.1 Å². The van der Waals surface area contributed by atoms with Crippen molar-refractivity contribution in [2.75, 3.05) is 5.33 Å². The molecule has 0 radical (unpaired) electrons. The lowest BCUT2D eigenvalue weighted by atomic mass is 10.3. The molecule has 14 heavy (non-hydrogen) atoms. The molecule has 1 aromatic rings. The maximum Gasteiger partial charge on any atom is 0.342 e. The van der Waals surface area contributed by atoms with Gasteiger partial charge in [0.15, 0.2) is 5.82 Å². The highest BCUT2D eigenvalue weighted by Gasteiger charge is 2.16. The quantitative estimate of drug-likeness (QED) is 0.354. The smallest absolute Gasteiger partial charge is 0.342 e. The minimum Gasteiger partial charge on any atom is -0.358 e. The largest absolute Gasteiger partial charge is 0.358 e. The first-order valence-corrected chi connectivity index (χ1v) is 5.51. The van der Waals surface area contributed by atoms with Crippen LogP contribution in [0.4, 0.5) is 5.82 Å². The van der Waals surface area contributed by atoms with Crippen LogP contribution in [0.1, 0.15) is 18.7 Å². The number of rotatable bonds is 5. The summed E-state index contributed by atoms with van der Waals surface area (Å²) in [7, 11) is 0. The molecule has 78 valence electrons. The molecule has 1 aromatic heterocycles. The fourth-order valence-electron chi connectivity index (χ4n) is 1.24. The predicted octanol–water partition coefficient (Wildman–Crippen LogP) is 2.27. The summed E-state index contributed by atoms with van der Waals surface area (Å²) in [5, 5.41) is 11.5. The highest BCUT2D eigenvalue weighted by Crippen LogP contribution is 2.14. The van der Waals surface area contributed by atoms with E-state index >= 15 is 0 Å². The van der Waals surface area contributed by atoms with Crippen LogP contribution >= 0.6 is 15.9 Å². The Kier molecular flexibility index (Phi) is 4.06. The van der Waals surface area contributed by atoms with Crippen LogP contribution in [-0.2, 0) is 6.54 Å². The van der Waals surface area contributed by atoms with Crippen LogP contribution in [-0.4, -0.2) is 19.8 Å². The second kappa shape index (κ2) is 5.09. The lowest BCUT2D eigenvalue weighted by Gasteiger charge is -2.01. The van der Waals surface area contributed by atoms with Gasteiger partial charge in [0.05, 0.1) is 6.54 Å². The van der Waals surface area contributed by atoms with Gasteiger partial charge in [0.2, 0.25) is 0 Å². The van der Waals surface area contributed by atoms with E-state index in [1.807, 2.05) is 0 Å². The first kappa shape index (κ1) is 11.2. The number of hydrogen-bond donors (Lipinski definition) is 0. The van der Waals surface area contributed by atoms with Crippen LogP contribution < -0.4 is 0 Å². The second-order valence-electron chi connectivity index (χ2n) is 2.97. The van der Waals surface area contributed by atoms with Crippen LogP contribution in [0, 0.1) is 17.0 Å². The summed E-state index contributed by atoms with van der Waals surface area (Å²) in [5.41, 5.74) is 0. The Morgan fingerprint density at radius 2 is 2.36 bits per heavy atom. The number of aromatic nitrogens is 2. The van der Waals surface area contributed by atoms with E-state index in [-0.39, 0.29) is 5.82 Å². The summed E-state index contributed by atoms with van der Waals surface area (Å²) < 4.78 is 1.64. The molecule has 6 heteroatoms. The van der Waals surface area contributed by atoms with Gasteiger partial charge >= 0.3 is 5.82 Å². The van der Waals surface area contributed by atoms with Gasteiger partial charge in [0.25, 0.3) is 0 Å². The summed E-state index contributed by atoms with van der Waals surface area (Å²) in [6.45, 7) is 2.44. The van der Waals surface area contributed by atoms with E-state index in [4.69, 9.17) is 0 Å². The standard InChI is InChI=1S/C8H12BrN3O2/c1-7-10-6-8(12(13)14)11(7)5-3-2-4-9/h6H,2-5H2,1H3. The summed E-state index contributed by atoms with van der Waals surface area (Å²) >= 11 is 3.32. The lowest BCUT2D eigenvalue weighted by molar-refractivity contribution is -0.392. The average Bonchev–Trinajstić information content (AvgIpc) is 2.48. The molecule has 1 heterocycles. The molecule has 0 aliphatic carbocycles. The van der Waals surface area contributed by atoms with Crippen LogP contribution in [0.2, 0.25) is 0 Å². The van der Waals surface area contributed by atoms with E-state index < -0.39 is 4.92 Å². The van der Waals surface area contributed by atoms with Crippen LogP contribution in [0.3, 0.4) is 0 Å². The van der Waals surface area contributed by atoms with Gasteiger partial charge in [-0.25, -0.2) is 9.55 Å². The molecule has 0 fully saturated rings. The number of nitrogens with zero attached hydrogens (tertiary/aromatic N) is 3. The van der Waals surface area contributed by atoms with Crippen molar-refractivity contribution in [3.63, 3.8) is 0 Å². The molecule has 0 saturated heterocycles. The minimum atomic E-state index is -0.395. The van der Waals surface area contributed by atoms with Gasteiger partial charge in [-0.1, -0.05) is 15.9 Å². The van der Waals surface area contributed by atoms with E-state index in [0.717, 1.165) is 18.2 Å². The van der Waals surface area contributed by atoms with Crippen LogP contribution in [0.15, 0.2) is 6.20 Å². The van der Waals surface area contributed by atoms with Gasteiger partial charge in [0, 0.05) is 12.3 Å². The van der Waals surface area contributed by atoms with Crippen molar-refractivity contribution in [3.8, 4) is 0 Å². The van der Waals surface area contributed by atoms with E-state index in [1.165, 1.54) is 6.20 Å². The highest BCUT2D eigenvalue weighted by molar-refractivity contribution is 9.09. The molecule has 0 aliphatic heterocycles. The first-order valence-electron chi connectivity index (χ1n) is 4.39. The molecule has 0 aliphatic rings. The number of aryl methyl sites for hydroxylation is 1. The molecule has 0 aromatic carbocycles. The van der Waals surface area contributed by atoms with Gasteiger partial charge < -0.3 is 10.1 Å². The molecular formula is C8H12BrN3O2. The number of alkyl halides is 1. The van der Waals surface area contributed by atoms with Crippen molar-refractivity contribution in [3.05, 3.63) is 22.1 Å². The van der Waals surface area contributed by atoms with Crippen molar-refractivity contribution in [1.29, 1.82) is 0 Å². The molecule has 0 bridgehead atoms. The number of halogens is 1. The van der Waals surface area contributed by atoms with Crippen molar-refractivity contribution in [1.82, 2.24) is 9.55 Å². The number of nitro groups is 1. The van der Waals surface area contributed by atoms with Gasteiger partial charge in [-0.05, 0) is 17.8 Å². The molecule has 0 N–H and O–H groups in total. The zero-order chi connectivity index (χ0) is 10.6. The van der Waals surface area contributed by atoms with Gasteiger partial charge in [-0.2, -0.15) is 0 Å². The normalized spacial score (nSPS) is 10.4. The third kappa shape index (κ3) is 2.54. The number of hydrogen-bond acceptors (Lipinski definition) is 3. The molecule has 0 amide bonds. The van der Waals surface area contributed by atoms with Crippen molar-refractivity contribution in [2.24, 2.45) is 0 Å². The van der Waals surface area contributed by atoms with Crippen LogP contribution in [0.5, 0.6) is 0 Å². The Bertz CT molecular complexity index is 324. The Hall–Kier alpha value is -0.910. The van der Waals surface area contributed by atoms with E-state index in [2.05, 4.69) is 20.9 Å². The predicted molar refractivity (Wildman–Crippen MR) is 56.6 cm³/mol. The molecule has 0 saturated carbocycles. The maximum atomic E-state index is 10.6. The van der Waals surface area contributed by atoms with Crippen molar-refractivity contribution < 1.29 is 4.92 Å². The highest BCUT2D eigenvalue weighted by atomic mass is 79.9. The summed E-state index contributed by atoms with van der Waals surface area (Å²) in [4.78, 5) is 14.1. The van der Waals surface area contributed by atoms with Gasteiger partial charge in [0.1, 0.15) is 6.20 Å². The Morgan fingerprint density at radius 3 is 2.93 bits per heavy atom. The Balaban J connectivity index is 2.72. The number of imidazole rings is 1. The summed E-state index contributed by atoms with van der Waals surface area (Å²) in [6.07, 6.45) is 3.24. The lowest BCUT2D eigenvalue weighted by Crippen LogP contribution is -2.05. The second-order valence-corrected chi connectivity index (χ2v) is 3.76. The molecule has 0 spiro atoms. The van der Waals surface area contributed by atoms with Crippen molar-refractivity contribution in [2.45, 2.75) is 26.3 Å². The molecule has 5 nitrogen and oxygen atoms in total. The zero-order valence-electron chi connectivity index (χ0n) is 7.94. The Morgan fingerprint density at radius 1 is 1.64 bits per heavy atom.